The molecule has 0 saturated heterocycles. The van der Waals surface area contributed by atoms with E-state index in [2.05, 4.69) is 15.4 Å². The van der Waals surface area contributed by atoms with E-state index in [1.54, 1.807) is 10.9 Å². The Labute approximate surface area is 80.7 Å². The van der Waals surface area contributed by atoms with Crippen molar-refractivity contribution in [1.82, 2.24) is 14.8 Å². The van der Waals surface area contributed by atoms with Crippen LogP contribution in [-0.2, 0) is 11.8 Å². The van der Waals surface area contributed by atoms with Crippen molar-refractivity contribution >= 4 is 22.8 Å². The van der Waals surface area contributed by atoms with Gasteiger partial charge in [-0.15, -0.1) is 0 Å². The lowest BCUT2D eigenvalue weighted by molar-refractivity contribution is -0.114. The Morgan fingerprint density at radius 2 is 2.36 bits per heavy atom. The first-order valence-corrected chi connectivity index (χ1v) is 4.24. The van der Waals surface area contributed by atoms with Gasteiger partial charge < -0.3 is 5.32 Å². The van der Waals surface area contributed by atoms with Crippen LogP contribution in [0.2, 0.25) is 0 Å². The van der Waals surface area contributed by atoms with Crippen LogP contribution < -0.4 is 5.32 Å². The Morgan fingerprint density at radius 3 is 3.07 bits per heavy atom. The molecule has 5 heteroatoms. The van der Waals surface area contributed by atoms with Crippen molar-refractivity contribution in [3.05, 3.63) is 18.3 Å². The maximum atomic E-state index is 10.9. The summed E-state index contributed by atoms with van der Waals surface area (Å²) in [6, 6.07) is 3.74. The van der Waals surface area contributed by atoms with Gasteiger partial charge >= 0.3 is 0 Å². The maximum Gasteiger partial charge on any atom is 0.222 e. The molecule has 0 unspecified atom stereocenters. The van der Waals surface area contributed by atoms with E-state index < -0.39 is 0 Å². The van der Waals surface area contributed by atoms with E-state index in [1.807, 2.05) is 19.2 Å². The summed E-state index contributed by atoms with van der Waals surface area (Å²) < 4.78 is 1.69. The van der Waals surface area contributed by atoms with Gasteiger partial charge in [-0.3, -0.25) is 14.5 Å². The average Bonchev–Trinajstić information content (AvgIpc) is 2.44. The summed E-state index contributed by atoms with van der Waals surface area (Å²) in [6.45, 7) is 1.45. The van der Waals surface area contributed by atoms with Crippen molar-refractivity contribution in [3.8, 4) is 0 Å². The number of nitrogens with zero attached hydrogens (tertiary/aromatic N) is 3. The van der Waals surface area contributed by atoms with Crippen LogP contribution in [0.15, 0.2) is 18.3 Å². The van der Waals surface area contributed by atoms with E-state index in [4.69, 9.17) is 0 Å². The highest BCUT2D eigenvalue weighted by Crippen LogP contribution is 2.18. The minimum atomic E-state index is -0.143. The lowest BCUT2D eigenvalue weighted by atomic mass is 10.4. The molecule has 0 radical (unpaired) electrons. The third-order valence-electron chi connectivity index (χ3n) is 1.90. The fourth-order valence-corrected chi connectivity index (χ4v) is 1.34. The number of fused-ring (bicyclic) bond motifs is 1. The van der Waals surface area contributed by atoms with Gasteiger partial charge in [-0.1, -0.05) is 0 Å². The number of aromatic nitrogens is 3. The number of amides is 1. The molecule has 0 spiro atoms. The van der Waals surface area contributed by atoms with Crippen molar-refractivity contribution in [3.63, 3.8) is 0 Å². The lowest BCUT2D eigenvalue weighted by Gasteiger charge is -1.94. The van der Waals surface area contributed by atoms with Crippen molar-refractivity contribution < 1.29 is 4.79 Å². The molecule has 2 heterocycles. The van der Waals surface area contributed by atoms with Gasteiger partial charge in [-0.05, 0) is 12.1 Å². The van der Waals surface area contributed by atoms with Gasteiger partial charge in [-0.2, -0.15) is 5.10 Å². The van der Waals surface area contributed by atoms with Crippen LogP contribution >= 0.6 is 0 Å². The summed E-state index contributed by atoms with van der Waals surface area (Å²) >= 11 is 0. The average molecular weight is 190 g/mol. The molecule has 1 amide bonds. The summed E-state index contributed by atoms with van der Waals surface area (Å²) in [5.41, 5.74) is 1.61. The summed E-state index contributed by atoms with van der Waals surface area (Å²) in [6.07, 6.45) is 1.68. The fraction of sp³-hybridized carbons (Fsp3) is 0.222. The first-order chi connectivity index (χ1) is 6.68. The molecule has 0 fully saturated rings. The monoisotopic (exact) mass is 190 g/mol. The highest BCUT2D eigenvalue weighted by atomic mass is 16.1. The topological polar surface area (TPSA) is 59.8 Å². The molecule has 0 saturated carbocycles. The van der Waals surface area contributed by atoms with E-state index in [0.717, 1.165) is 5.52 Å². The third-order valence-corrected chi connectivity index (χ3v) is 1.90. The number of hydrogen-bond acceptors (Lipinski definition) is 3. The van der Waals surface area contributed by atoms with Gasteiger partial charge in [0.15, 0.2) is 5.82 Å². The second-order valence-electron chi connectivity index (χ2n) is 3.02. The van der Waals surface area contributed by atoms with E-state index in [9.17, 15) is 4.79 Å². The van der Waals surface area contributed by atoms with Crippen LogP contribution in [0, 0.1) is 0 Å². The quantitative estimate of drug-likeness (QED) is 0.727. The van der Waals surface area contributed by atoms with Crippen LogP contribution in [0.5, 0.6) is 0 Å². The molecule has 0 aliphatic heterocycles. The first kappa shape index (κ1) is 8.68. The molecule has 2 aromatic heterocycles. The molecule has 2 aromatic rings. The zero-order valence-corrected chi connectivity index (χ0v) is 7.98. The Morgan fingerprint density at radius 1 is 1.57 bits per heavy atom. The van der Waals surface area contributed by atoms with Gasteiger partial charge in [0.2, 0.25) is 5.91 Å². The number of carbonyl (C=O) groups excluding carboxylic acids is 1. The molecule has 0 aliphatic rings. The largest absolute Gasteiger partial charge is 0.308 e. The number of carbonyl (C=O) groups is 1. The Hall–Kier alpha value is -1.91. The van der Waals surface area contributed by atoms with E-state index in [1.165, 1.54) is 6.92 Å². The molecule has 1 N–H and O–H groups in total. The Bertz CT molecular complexity index is 489. The van der Waals surface area contributed by atoms with Gasteiger partial charge in [0.05, 0.1) is 5.52 Å². The van der Waals surface area contributed by atoms with E-state index >= 15 is 0 Å². The SMILES string of the molecule is CC(=O)Nc1nn(C)c2cccnc12. The van der Waals surface area contributed by atoms with Crippen molar-refractivity contribution in [2.45, 2.75) is 6.92 Å². The smallest absolute Gasteiger partial charge is 0.222 e. The van der Waals surface area contributed by atoms with Crippen LogP contribution in [0.25, 0.3) is 11.0 Å². The van der Waals surface area contributed by atoms with Crippen LogP contribution in [0.3, 0.4) is 0 Å². The number of nitrogens with one attached hydrogen (secondary N) is 1. The van der Waals surface area contributed by atoms with Crippen LogP contribution in [-0.4, -0.2) is 20.7 Å². The van der Waals surface area contributed by atoms with Crippen LogP contribution in [0.4, 0.5) is 5.82 Å². The van der Waals surface area contributed by atoms with Gasteiger partial charge in [0.1, 0.15) is 5.52 Å². The third kappa shape index (κ3) is 1.32. The normalized spacial score (nSPS) is 10.4. The van der Waals surface area contributed by atoms with E-state index in [-0.39, 0.29) is 5.91 Å². The minimum Gasteiger partial charge on any atom is -0.308 e. The van der Waals surface area contributed by atoms with Crippen molar-refractivity contribution in [1.29, 1.82) is 0 Å². The molecule has 72 valence electrons. The van der Waals surface area contributed by atoms with Crippen molar-refractivity contribution in [2.24, 2.45) is 7.05 Å². The molecular formula is C9H10N4O. The zero-order chi connectivity index (χ0) is 10.1. The molecule has 2 rings (SSSR count). The fourth-order valence-electron chi connectivity index (χ4n) is 1.34. The second kappa shape index (κ2) is 3.10. The highest BCUT2D eigenvalue weighted by Gasteiger charge is 2.09. The van der Waals surface area contributed by atoms with Crippen molar-refractivity contribution in [2.75, 3.05) is 5.32 Å². The summed E-state index contributed by atoms with van der Waals surface area (Å²) in [5, 5.41) is 6.79. The predicted octanol–water partition coefficient (Wildman–Crippen LogP) is 0.927. The molecule has 0 aromatic carbocycles. The standard InChI is InChI=1S/C9H10N4O/c1-6(14)11-9-8-7(13(2)12-9)4-3-5-10-8/h3-5H,1-2H3,(H,11,12,14). The summed E-state index contributed by atoms with van der Waals surface area (Å²) in [5.74, 6) is 0.367. The molecule has 0 atom stereocenters. The van der Waals surface area contributed by atoms with Crippen LogP contribution in [0.1, 0.15) is 6.92 Å². The molecule has 0 aliphatic carbocycles. The summed E-state index contributed by atoms with van der Waals surface area (Å²) in [7, 11) is 1.81. The lowest BCUT2D eigenvalue weighted by Crippen LogP contribution is -2.07. The minimum absolute atomic E-state index is 0.143. The predicted molar refractivity (Wildman–Crippen MR) is 52.8 cm³/mol. The van der Waals surface area contributed by atoms with Gasteiger partial charge in [0, 0.05) is 20.2 Å². The molecular weight excluding hydrogens is 180 g/mol. The number of anilines is 1. The first-order valence-electron chi connectivity index (χ1n) is 4.24. The highest BCUT2D eigenvalue weighted by molar-refractivity contribution is 5.96. The maximum absolute atomic E-state index is 10.9. The Kier molecular flexibility index (Phi) is 1.92. The van der Waals surface area contributed by atoms with E-state index in [0.29, 0.717) is 11.3 Å². The number of aryl methyl sites for hydroxylation is 1. The summed E-state index contributed by atoms with van der Waals surface area (Å²) in [4.78, 5) is 15.0. The second-order valence-corrected chi connectivity index (χ2v) is 3.02. The molecule has 14 heavy (non-hydrogen) atoms. The number of pyridine rings is 1. The van der Waals surface area contributed by atoms with Gasteiger partial charge in [0.25, 0.3) is 0 Å². The zero-order valence-electron chi connectivity index (χ0n) is 7.98. The number of rotatable bonds is 1. The molecule has 5 nitrogen and oxygen atoms in total. The Balaban J connectivity index is 2.60. The molecule has 0 bridgehead atoms. The number of hydrogen-bond donors (Lipinski definition) is 1. The van der Waals surface area contributed by atoms with Gasteiger partial charge in [-0.25, -0.2) is 0 Å².